The Hall–Kier alpha value is -4.78. The number of ketones is 2. The van der Waals surface area contributed by atoms with Crippen LogP contribution in [0.25, 0.3) is 56.3 Å². The molecule has 33 heavy (non-hydrogen) atoms. The minimum absolute atomic E-state index is 0.0394. The van der Waals surface area contributed by atoms with Crippen molar-refractivity contribution in [3.05, 3.63) is 65.2 Å². The number of carbonyl (C=O) groups is 2. The Balaban J connectivity index is 1.89. The number of benzene rings is 3. The van der Waals surface area contributed by atoms with Gasteiger partial charge in [0.2, 0.25) is 11.6 Å². The van der Waals surface area contributed by atoms with Gasteiger partial charge in [-0.25, -0.2) is 0 Å². The Kier molecular flexibility index (Phi) is 3.79. The zero-order chi connectivity index (χ0) is 22.9. The van der Waals surface area contributed by atoms with Gasteiger partial charge in [-0.2, -0.15) is 0 Å². The summed E-state index contributed by atoms with van der Waals surface area (Å²) in [6.07, 6.45) is 2.26. The number of hydrogen-bond acceptors (Lipinski definition) is 7. The highest BCUT2D eigenvalue weighted by Crippen LogP contribution is 2.50. The van der Waals surface area contributed by atoms with E-state index in [0.717, 1.165) is 6.08 Å². The molecular weight excluding hydrogens is 424 g/mol. The van der Waals surface area contributed by atoms with E-state index in [0.29, 0.717) is 32.7 Å². The summed E-state index contributed by atoms with van der Waals surface area (Å²) >= 11 is 0. The molecule has 0 amide bonds. The van der Waals surface area contributed by atoms with Gasteiger partial charge in [0, 0.05) is 28.1 Å². The molecule has 0 fully saturated rings. The van der Waals surface area contributed by atoms with E-state index in [1.807, 2.05) is 6.07 Å². The Morgan fingerprint density at radius 2 is 1.30 bits per heavy atom. The van der Waals surface area contributed by atoms with Crippen LogP contribution in [0.2, 0.25) is 0 Å². The molecule has 0 radical (unpaired) electrons. The number of rotatable bonds is 2. The van der Waals surface area contributed by atoms with E-state index in [-0.39, 0.29) is 39.6 Å². The summed E-state index contributed by atoms with van der Waals surface area (Å²) < 4.78 is 11.6. The number of Topliss-reactive ketones (excluding diaryl/α,β-unsaturated/α-hetero) is 2. The second-order valence-corrected chi connectivity index (χ2v) is 7.72. The smallest absolute Gasteiger partial charge is 0.291 e. The molecule has 0 atom stereocenters. The molecule has 7 nitrogen and oxygen atoms in total. The third-order valence-electron chi connectivity index (χ3n) is 5.79. The Labute approximate surface area is 184 Å². The van der Waals surface area contributed by atoms with Crippen LogP contribution in [-0.4, -0.2) is 26.9 Å². The van der Waals surface area contributed by atoms with Crippen LogP contribution in [0.4, 0.5) is 0 Å². The maximum atomic E-state index is 12.2. The molecule has 7 heteroatoms. The number of hydrogen-bond donors (Lipinski definition) is 3. The van der Waals surface area contributed by atoms with Gasteiger partial charge in [-0.3, -0.25) is 9.59 Å². The number of phenols is 2. The standard InChI is InChI=1S/C26H14O7/c27-14-8-6-13(7-9-14)20-23(30)25-21(15-10-16(28)17(29)11-18(15)32-25)22-19(26(31)33-24(20)22)12-4-2-1-3-5-12/h1-11,27,30-31H. The number of phenolic OH excluding ortho intramolecular Hbond substituents is 2. The molecule has 0 unspecified atom stereocenters. The van der Waals surface area contributed by atoms with Crippen molar-refractivity contribution >= 4 is 45.7 Å². The molecule has 160 valence electrons. The zero-order valence-electron chi connectivity index (χ0n) is 16.8. The number of carbonyl (C=O) groups excluding carboxylic acids is 2. The topological polar surface area (TPSA) is 121 Å². The average molecular weight is 438 g/mol. The van der Waals surface area contributed by atoms with Gasteiger partial charge in [0.25, 0.3) is 5.95 Å². The van der Waals surface area contributed by atoms with Gasteiger partial charge in [0.1, 0.15) is 11.2 Å². The Morgan fingerprint density at radius 3 is 2.03 bits per heavy atom. The highest BCUT2D eigenvalue weighted by Gasteiger charge is 2.29. The maximum absolute atomic E-state index is 12.2. The second kappa shape index (κ2) is 6.61. The number of aromatic hydroxyl groups is 3. The fraction of sp³-hybridized carbons (Fsp3) is 0. The highest BCUT2D eigenvalue weighted by molar-refractivity contribution is 6.57. The van der Waals surface area contributed by atoms with E-state index in [1.165, 1.54) is 18.2 Å². The minimum Gasteiger partial charge on any atom is -0.508 e. The van der Waals surface area contributed by atoms with E-state index in [2.05, 4.69) is 0 Å². The van der Waals surface area contributed by atoms with Gasteiger partial charge in [0.05, 0.1) is 11.1 Å². The van der Waals surface area contributed by atoms with Crippen LogP contribution in [0.1, 0.15) is 0 Å². The Bertz CT molecular complexity index is 1750. The van der Waals surface area contributed by atoms with Crippen molar-refractivity contribution in [1.82, 2.24) is 0 Å². The van der Waals surface area contributed by atoms with Crippen molar-refractivity contribution in [2.75, 3.05) is 0 Å². The normalized spacial score (nSPS) is 13.2. The van der Waals surface area contributed by atoms with Gasteiger partial charge in [0.15, 0.2) is 16.9 Å². The third-order valence-corrected chi connectivity index (χ3v) is 5.79. The molecule has 5 aromatic rings. The highest BCUT2D eigenvalue weighted by atomic mass is 16.5. The van der Waals surface area contributed by atoms with E-state index in [1.54, 1.807) is 36.4 Å². The fourth-order valence-electron chi connectivity index (χ4n) is 4.34. The lowest BCUT2D eigenvalue weighted by atomic mass is 9.94. The SMILES string of the molecule is O=C1C=c2oc3c(O)c(-c4ccc(O)cc4)c4oc(O)c(-c5ccccc5)c4c3c2=CC1=O. The largest absolute Gasteiger partial charge is 0.508 e. The minimum atomic E-state index is -0.727. The quantitative estimate of drug-likeness (QED) is 0.362. The lowest BCUT2D eigenvalue weighted by Crippen LogP contribution is -2.30. The summed E-state index contributed by atoms with van der Waals surface area (Å²) in [5.74, 6) is -2.06. The van der Waals surface area contributed by atoms with Crippen LogP contribution in [0.15, 0.2) is 63.4 Å². The number of furan rings is 2. The molecule has 1 aliphatic rings. The summed E-state index contributed by atoms with van der Waals surface area (Å²) in [6.45, 7) is 0. The third kappa shape index (κ3) is 2.62. The zero-order valence-corrected chi connectivity index (χ0v) is 16.8. The molecule has 2 aromatic heterocycles. The van der Waals surface area contributed by atoms with E-state index in [9.17, 15) is 24.9 Å². The lowest BCUT2D eigenvalue weighted by Gasteiger charge is -2.08. The van der Waals surface area contributed by atoms with Crippen molar-refractivity contribution in [2.24, 2.45) is 0 Å². The van der Waals surface area contributed by atoms with Crippen molar-refractivity contribution in [2.45, 2.75) is 0 Å². The van der Waals surface area contributed by atoms with Gasteiger partial charge < -0.3 is 24.2 Å². The number of fused-ring (bicyclic) bond motifs is 5. The summed E-state index contributed by atoms with van der Waals surface area (Å²) in [6, 6.07) is 15.1. The monoisotopic (exact) mass is 438 g/mol. The Morgan fingerprint density at radius 1 is 0.636 bits per heavy atom. The van der Waals surface area contributed by atoms with Crippen molar-refractivity contribution < 1.29 is 33.7 Å². The van der Waals surface area contributed by atoms with Crippen molar-refractivity contribution in [1.29, 1.82) is 0 Å². The second-order valence-electron chi connectivity index (χ2n) is 7.72. The van der Waals surface area contributed by atoms with Crippen LogP contribution >= 0.6 is 0 Å². The molecule has 6 rings (SSSR count). The van der Waals surface area contributed by atoms with Gasteiger partial charge >= 0.3 is 0 Å². The fourth-order valence-corrected chi connectivity index (χ4v) is 4.34. The van der Waals surface area contributed by atoms with Crippen LogP contribution in [-0.2, 0) is 9.59 Å². The average Bonchev–Trinajstić information content (AvgIpc) is 3.33. The van der Waals surface area contributed by atoms with E-state index >= 15 is 0 Å². The predicted octanol–water partition coefficient (Wildman–Crippen LogP) is 3.34. The first-order valence-electron chi connectivity index (χ1n) is 10.0. The van der Waals surface area contributed by atoms with E-state index in [4.69, 9.17) is 8.83 Å². The molecule has 0 saturated heterocycles. The molecule has 0 bridgehead atoms. The first-order valence-corrected chi connectivity index (χ1v) is 10.0. The molecule has 2 heterocycles. The molecule has 3 N–H and O–H groups in total. The lowest BCUT2D eigenvalue weighted by molar-refractivity contribution is -0.129. The van der Waals surface area contributed by atoms with Crippen LogP contribution in [0.3, 0.4) is 0 Å². The molecule has 0 aliphatic heterocycles. The summed E-state index contributed by atoms with van der Waals surface area (Å²) in [7, 11) is 0. The molecule has 1 aliphatic carbocycles. The first kappa shape index (κ1) is 18.9. The summed E-state index contributed by atoms with van der Waals surface area (Å²) in [5, 5.41) is 32.9. The van der Waals surface area contributed by atoms with Crippen LogP contribution in [0.5, 0.6) is 17.4 Å². The van der Waals surface area contributed by atoms with Gasteiger partial charge in [-0.1, -0.05) is 42.5 Å². The van der Waals surface area contributed by atoms with Crippen molar-refractivity contribution in [3.8, 4) is 39.7 Å². The van der Waals surface area contributed by atoms with E-state index < -0.39 is 11.6 Å². The first-order chi connectivity index (χ1) is 15.9. The molecular formula is C26H14O7. The van der Waals surface area contributed by atoms with Gasteiger partial charge in [-0.15, -0.1) is 0 Å². The van der Waals surface area contributed by atoms with Crippen LogP contribution < -0.4 is 10.6 Å². The maximum Gasteiger partial charge on any atom is 0.291 e. The van der Waals surface area contributed by atoms with Crippen molar-refractivity contribution in [3.63, 3.8) is 0 Å². The molecule has 0 saturated carbocycles. The molecule has 3 aromatic carbocycles. The predicted molar refractivity (Wildman–Crippen MR) is 120 cm³/mol. The summed E-state index contributed by atoms with van der Waals surface area (Å²) in [5.41, 5.74) is 2.09. The molecule has 0 spiro atoms. The summed E-state index contributed by atoms with van der Waals surface area (Å²) in [4.78, 5) is 24.1. The van der Waals surface area contributed by atoms with Gasteiger partial charge in [-0.05, 0) is 23.3 Å². The van der Waals surface area contributed by atoms with Crippen LogP contribution in [0, 0.1) is 0 Å².